The molecule has 5 heteroatoms. The van der Waals surface area contributed by atoms with E-state index in [1.54, 1.807) is 36.5 Å². The van der Waals surface area contributed by atoms with Gasteiger partial charge in [0.25, 0.3) is 5.56 Å². The summed E-state index contributed by atoms with van der Waals surface area (Å²) in [5.41, 5.74) is 3.67. The van der Waals surface area contributed by atoms with Gasteiger partial charge in [-0.05, 0) is 67.4 Å². The first-order valence-electron chi connectivity index (χ1n) is 9.19. The highest BCUT2D eigenvalue weighted by atomic mass is 35.5. The quantitative estimate of drug-likeness (QED) is 0.446. The molecule has 29 heavy (non-hydrogen) atoms. The Labute approximate surface area is 173 Å². The number of hydrogen-bond donors (Lipinski definition) is 1. The minimum absolute atomic E-state index is 0.144. The van der Waals surface area contributed by atoms with Gasteiger partial charge in [-0.3, -0.25) is 9.79 Å². The van der Waals surface area contributed by atoms with Crippen LogP contribution in [-0.4, -0.2) is 15.9 Å². The molecule has 0 aliphatic heterocycles. The number of hydrogen-bond acceptors (Lipinski definition) is 3. The molecule has 0 amide bonds. The van der Waals surface area contributed by atoms with Crippen LogP contribution in [0.15, 0.2) is 76.5 Å². The van der Waals surface area contributed by atoms with E-state index in [0.717, 1.165) is 11.1 Å². The lowest BCUT2D eigenvalue weighted by Gasteiger charge is -2.14. The third-order valence-electron chi connectivity index (χ3n) is 5.02. The van der Waals surface area contributed by atoms with Gasteiger partial charge >= 0.3 is 0 Å². The lowest BCUT2D eigenvalue weighted by Crippen LogP contribution is -2.20. The van der Waals surface area contributed by atoms with E-state index in [1.807, 2.05) is 50.2 Å². The van der Waals surface area contributed by atoms with Crippen molar-refractivity contribution in [3.8, 4) is 11.6 Å². The number of benzene rings is 3. The predicted molar refractivity (Wildman–Crippen MR) is 119 cm³/mol. The summed E-state index contributed by atoms with van der Waals surface area (Å²) in [4.78, 5) is 17.6. The fourth-order valence-corrected chi connectivity index (χ4v) is 3.39. The second-order valence-corrected chi connectivity index (χ2v) is 7.36. The second-order valence-electron chi connectivity index (χ2n) is 6.93. The number of nitrogens with zero attached hydrogens (tertiary/aromatic N) is 2. The molecule has 0 spiro atoms. The number of fused-ring (bicyclic) bond motifs is 1. The zero-order valence-corrected chi connectivity index (χ0v) is 16.8. The largest absolute Gasteiger partial charge is 0.494 e. The minimum Gasteiger partial charge on any atom is -0.494 e. The number of aromatic nitrogens is 1. The molecule has 3 aromatic carbocycles. The number of halogens is 1. The molecular weight excluding hydrogens is 384 g/mol. The number of aryl methyl sites for hydroxylation is 2. The monoisotopic (exact) mass is 402 g/mol. The van der Waals surface area contributed by atoms with E-state index in [9.17, 15) is 9.90 Å². The topological polar surface area (TPSA) is 54.6 Å². The van der Waals surface area contributed by atoms with E-state index in [1.165, 1.54) is 4.57 Å². The van der Waals surface area contributed by atoms with Crippen molar-refractivity contribution in [2.75, 3.05) is 0 Å². The highest BCUT2D eigenvalue weighted by Gasteiger charge is 2.16. The lowest BCUT2D eigenvalue weighted by molar-refractivity contribution is 0.436. The molecule has 0 atom stereocenters. The van der Waals surface area contributed by atoms with Crippen molar-refractivity contribution in [1.29, 1.82) is 0 Å². The molecule has 1 aromatic heterocycles. The maximum Gasteiger partial charge on any atom is 0.265 e. The Kier molecular flexibility index (Phi) is 4.95. The summed E-state index contributed by atoms with van der Waals surface area (Å²) in [5.74, 6) is -0.144. The van der Waals surface area contributed by atoms with Crippen LogP contribution in [0, 0.1) is 13.8 Å². The first-order chi connectivity index (χ1) is 14.0. The van der Waals surface area contributed by atoms with Crippen molar-refractivity contribution in [2.45, 2.75) is 13.8 Å². The maximum atomic E-state index is 13.2. The molecule has 144 valence electrons. The van der Waals surface area contributed by atoms with Crippen molar-refractivity contribution in [1.82, 2.24) is 4.57 Å². The van der Waals surface area contributed by atoms with E-state index in [-0.39, 0.29) is 11.4 Å². The number of rotatable bonds is 3. The molecule has 0 bridgehead atoms. The first-order valence-corrected chi connectivity index (χ1v) is 9.57. The molecule has 1 N–H and O–H groups in total. The zero-order valence-electron chi connectivity index (χ0n) is 16.1. The highest BCUT2D eigenvalue weighted by molar-refractivity contribution is 6.30. The Morgan fingerprint density at radius 3 is 2.31 bits per heavy atom. The number of aliphatic imine (C=N–C) groups is 1. The van der Waals surface area contributed by atoms with Crippen LogP contribution in [0.5, 0.6) is 5.88 Å². The molecular formula is C24H19ClN2O2. The predicted octanol–water partition coefficient (Wildman–Crippen LogP) is 5.72. The molecule has 0 saturated heterocycles. The van der Waals surface area contributed by atoms with Crippen molar-refractivity contribution in [3.63, 3.8) is 0 Å². The highest BCUT2D eigenvalue weighted by Crippen LogP contribution is 2.27. The maximum absolute atomic E-state index is 13.2. The fourth-order valence-electron chi connectivity index (χ4n) is 3.26. The third kappa shape index (κ3) is 3.55. The molecule has 0 aliphatic rings. The SMILES string of the molecule is Cc1ccc(-n2c(O)c(C=Nc3ccc(Cl)cc3)c3ccccc3c2=O)cc1C. The van der Waals surface area contributed by atoms with Crippen LogP contribution < -0.4 is 5.56 Å². The smallest absolute Gasteiger partial charge is 0.265 e. The van der Waals surface area contributed by atoms with Gasteiger partial charge in [0.05, 0.1) is 16.9 Å². The minimum atomic E-state index is -0.273. The van der Waals surface area contributed by atoms with Crippen molar-refractivity contribution in [3.05, 3.63) is 98.8 Å². The molecule has 0 fully saturated rings. The van der Waals surface area contributed by atoms with Crippen molar-refractivity contribution in [2.24, 2.45) is 4.99 Å². The van der Waals surface area contributed by atoms with Crippen LogP contribution in [0.3, 0.4) is 0 Å². The standard InChI is InChI=1S/C24H19ClN2O2/c1-15-7-12-19(13-16(15)2)27-23(28)21-6-4-3-5-20(21)22(24(27)29)14-26-18-10-8-17(25)9-11-18/h3-14,29H,1-2H3. The molecule has 1 heterocycles. The summed E-state index contributed by atoms with van der Waals surface area (Å²) in [5, 5.41) is 12.8. The number of aromatic hydroxyl groups is 1. The molecule has 4 aromatic rings. The van der Waals surface area contributed by atoms with Gasteiger partial charge in [0.2, 0.25) is 5.88 Å². The third-order valence-corrected chi connectivity index (χ3v) is 5.27. The molecule has 0 saturated carbocycles. The van der Waals surface area contributed by atoms with Crippen molar-refractivity contribution < 1.29 is 5.11 Å². The summed E-state index contributed by atoms with van der Waals surface area (Å²) in [7, 11) is 0. The van der Waals surface area contributed by atoms with Gasteiger partial charge in [0, 0.05) is 22.0 Å². The Bertz CT molecular complexity index is 1310. The van der Waals surface area contributed by atoms with Gasteiger partial charge < -0.3 is 5.11 Å². The van der Waals surface area contributed by atoms with Gasteiger partial charge in [-0.1, -0.05) is 35.9 Å². The van der Waals surface area contributed by atoms with Gasteiger partial charge in [-0.25, -0.2) is 4.57 Å². The Morgan fingerprint density at radius 1 is 0.931 bits per heavy atom. The normalized spacial score (nSPS) is 11.4. The van der Waals surface area contributed by atoms with Crippen molar-refractivity contribution >= 4 is 34.3 Å². The van der Waals surface area contributed by atoms with E-state index >= 15 is 0 Å². The molecule has 0 aliphatic carbocycles. The summed E-state index contributed by atoms with van der Waals surface area (Å²) < 4.78 is 1.33. The lowest BCUT2D eigenvalue weighted by atomic mass is 10.1. The van der Waals surface area contributed by atoms with Crippen LogP contribution >= 0.6 is 11.6 Å². The van der Waals surface area contributed by atoms with Crippen LogP contribution in [0.1, 0.15) is 16.7 Å². The summed E-state index contributed by atoms with van der Waals surface area (Å²) in [6.45, 7) is 3.98. The van der Waals surface area contributed by atoms with Gasteiger partial charge in [0.1, 0.15) is 0 Å². The average Bonchev–Trinajstić information content (AvgIpc) is 2.72. The Hall–Kier alpha value is -3.37. The number of pyridine rings is 1. The Balaban J connectivity index is 1.97. The molecule has 0 radical (unpaired) electrons. The van der Waals surface area contributed by atoms with Crippen LogP contribution in [0.2, 0.25) is 5.02 Å². The summed E-state index contributed by atoms with van der Waals surface area (Å²) >= 11 is 5.93. The fraction of sp³-hybridized carbons (Fsp3) is 0.0833. The van der Waals surface area contributed by atoms with E-state index in [2.05, 4.69) is 4.99 Å². The molecule has 4 nitrogen and oxygen atoms in total. The average molecular weight is 403 g/mol. The zero-order chi connectivity index (χ0) is 20.5. The van der Waals surface area contributed by atoms with Crippen LogP contribution in [-0.2, 0) is 0 Å². The summed E-state index contributed by atoms with van der Waals surface area (Å²) in [6.07, 6.45) is 1.58. The van der Waals surface area contributed by atoms with Gasteiger partial charge in [0.15, 0.2) is 0 Å². The van der Waals surface area contributed by atoms with E-state index in [0.29, 0.717) is 32.7 Å². The second kappa shape index (κ2) is 7.57. The molecule has 0 unspecified atom stereocenters. The first kappa shape index (κ1) is 19.0. The van der Waals surface area contributed by atoms with Gasteiger partial charge in [-0.15, -0.1) is 0 Å². The summed E-state index contributed by atoms with van der Waals surface area (Å²) in [6, 6.07) is 20.0. The molecule has 4 rings (SSSR count). The van der Waals surface area contributed by atoms with Gasteiger partial charge in [-0.2, -0.15) is 0 Å². The van der Waals surface area contributed by atoms with E-state index < -0.39 is 0 Å². The van der Waals surface area contributed by atoms with Crippen LogP contribution in [0.25, 0.3) is 16.5 Å². The van der Waals surface area contributed by atoms with Crippen LogP contribution in [0.4, 0.5) is 5.69 Å². The Morgan fingerprint density at radius 2 is 1.62 bits per heavy atom. The van der Waals surface area contributed by atoms with E-state index in [4.69, 9.17) is 11.6 Å².